The van der Waals surface area contributed by atoms with Gasteiger partial charge in [-0.3, -0.25) is 0 Å². The molecule has 80 valence electrons. The number of aryl methyl sites for hydroxylation is 1. The first-order valence-electron chi connectivity index (χ1n) is 5.05. The molecule has 0 aliphatic rings. The van der Waals surface area contributed by atoms with Crippen molar-refractivity contribution >= 4 is 0 Å². The van der Waals surface area contributed by atoms with Gasteiger partial charge in [-0.15, -0.1) is 0 Å². The van der Waals surface area contributed by atoms with Crippen LogP contribution in [0.15, 0.2) is 42.9 Å². The molecule has 0 aliphatic carbocycles. The molecule has 0 radical (unpaired) electrons. The highest BCUT2D eigenvalue weighted by Crippen LogP contribution is 2.17. The predicted octanol–water partition coefficient (Wildman–Crippen LogP) is 3.24. The summed E-state index contributed by atoms with van der Waals surface area (Å²) in [6.45, 7) is 4.00. The lowest BCUT2D eigenvalue weighted by atomic mass is 10.3. The lowest BCUT2D eigenvalue weighted by molar-refractivity contribution is 0.465. The molecular formula is C12H16N2O. The second-order valence-electron chi connectivity index (χ2n) is 2.79. The molecule has 3 nitrogen and oxygen atoms in total. The minimum absolute atomic E-state index is 0.619. The highest BCUT2D eigenvalue weighted by atomic mass is 16.5. The first-order chi connectivity index (χ1) is 7.34. The van der Waals surface area contributed by atoms with E-state index in [-0.39, 0.29) is 0 Å². The zero-order chi connectivity index (χ0) is 11.1. The summed E-state index contributed by atoms with van der Waals surface area (Å²) in [5.41, 5.74) is 0. The van der Waals surface area contributed by atoms with Crippen LogP contribution in [0.2, 0.25) is 0 Å². The van der Waals surface area contributed by atoms with Gasteiger partial charge in [0.15, 0.2) is 0 Å². The molecule has 0 spiro atoms. The number of hydrogen-bond acceptors (Lipinski definition) is 2. The summed E-state index contributed by atoms with van der Waals surface area (Å²) >= 11 is 0. The van der Waals surface area contributed by atoms with Gasteiger partial charge in [-0.25, -0.2) is 4.98 Å². The minimum atomic E-state index is 0.619. The number of para-hydroxylation sites is 1. The Kier molecular flexibility index (Phi) is 4.41. The Bertz CT molecular complexity index is 382. The molecule has 0 bridgehead atoms. The van der Waals surface area contributed by atoms with Crippen LogP contribution in [-0.2, 0) is 7.05 Å². The van der Waals surface area contributed by atoms with Gasteiger partial charge in [0.05, 0.1) is 12.5 Å². The van der Waals surface area contributed by atoms with E-state index >= 15 is 0 Å². The van der Waals surface area contributed by atoms with Crippen molar-refractivity contribution in [2.24, 2.45) is 7.05 Å². The van der Waals surface area contributed by atoms with Crippen molar-refractivity contribution < 1.29 is 4.74 Å². The number of rotatable bonds is 2. The zero-order valence-electron chi connectivity index (χ0n) is 9.34. The maximum Gasteiger partial charge on any atom is 0.237 e. The number of aromatic nitrogens is 2. The molecular weight excluding hydrogens is 188 g/mol. The number of imidazole rings is 1. The summed E-state index contributed by atoms with van der Waals surface area (Å²) in [7, 11) is 1.91. The van der Waals surface area contributed by atoms with Gasteiger partial charge >= 0.3 is 0 Å². The fraction of sp³-hybridized carbons (Fsp3) is 0.250. The van der Waals surface area contributed by atoms with Crippen LogP contribution in [-0.4, -0.2) is 9.55 Å². The van der Waals surface area contributed by atoms with Crippen LogP contribution in [0.25, 0.3) is 0 Å². The molecule has 1 aromatic carbocycles. The molecule has 0 fully saturated rings. The van der Waals surface area contributed by atoms with E-state index in [1.54, 1.807) is 6.33 Å². The van der Waals surface area contributed by atoms with Crippen LogP contribution in [0.5, 0.6) is 11.6 Å². The lowest BCUT2D eigenvalue weighted by Gasteiger charge is -1.99. The second-order valence-corrected chi connectivity index (χ2v) is 2.79. The van der Waals surface area contributed by atoms with Gasteiger partial charge in [0.1, 0.15) is 5.75 Å². The van der Waals surface area contributed by atoms with Crippen molar-refractivity contribution in [2.45, 2.75) is 13.8 Å². The standard InChI is InChI=1S/C10H10N2O.C2H6/c1-12-7-10(11-8-12)13-9-5-3-2-4-6-9;1-2/h2-8H,1H3;1-2H3. The van der Waals surface area contributed by atoms with Gasteiger partial charge in [-0.05, 0) is 12.1 Å². The summed E-state index contributed by atoms with van der Waals surface area (Å²) in [5.74, 6) is 1.43. The molecule has 0 unspecified atom stereocenters. The summed E-state index contributed by atoms with van der Waals surface area (Å²) in [4.78, 5) is 4.05. The van der Waals surface area contributed by atoms with E-state index < -0.39 is 0 Å². The summed E-state index contributed by atoms with van der Waals surface area (Å²) in [6.07, 6.45) is 3.53. The van der Waals surface area contributed by atoms with Crippen molar-refractivity contribution in [3.05, 3.63) is 42.9 Å². The van der Waals surface area contributed by atoms with Crippen molar-refractivity contribution in [3.63, 3.8) is 0 Å². The van der Waals surface area contributed by atoms with Gasteiger partial charge in [-0.1, -0.05) is 32.0 Å². The number of benzene rings is 1. The van der Waals surface area contributed by atoms with Gasteiger partial charge in [0.25, 0.3) is 0 Å². The maximum absolute atomic E-state index is 5.47. The van der Waals surface area contributed by atoms with Crippen LogP contribution >= 0.6 is 0 Å². The van der Waals surface area contributed by atoms with Crippen molar-refractivity contribution in [1.82, 2.24) is 9.55 Å². The van der Waals surface area contributed by atoms with Gasteiger partial charge < -0.3 is 9.30 Å². The fourth-order valence-corrected chi connectivity index (χ4v) is 1.05. The van der Waals surface area contributed by atoms with E-state index in [1.807, 2.05) is 62.0 Å². The Hall–Kier alpha value is -1.77. The van der Waals surface area contributed by atoms with Crippen LogP contribution in [0.4, 0.5) is 0 Å². The first-order valence-corrected chi connectivity index (χ1v) is 5.05. The minimum Gasteiger partial charge on any atom is -0.438 e. The van der Waals surface area contributed by atoms with Crippen molar-refractivity contribution in [1.29, 1.82) is 0 Å². The second kappa shape index (κ2) is 5.86. The SMILES string of the molecule is CC.Cn1cnc(Oc2ccccc2)c1. The molecule has 2 rings (SSSR count). The molecule has 0 saturated heterocycles. The Morgan fingerprint density at radius 1 is 1.13 bits per heavy atom. The molecule has 0 N–H and O–H groups in total. The van der Waals surface area contributed by atoms with Gasteiger partial charge in [0.2, 0.25) is 5.88 Å². The van der Waals surface area contributed by atoms with E-state index in [0.717, 1.165) is 5.75 Å². The molecule has 15 heavy (non-hydrogen) atoms. The van der Waals surface area contributed by atoms with Crippen LogP contribution < -0.4 is 4.74 Å². The third-order valence-electron chi connectivity index (χ3n) is 1.65. The van der Waals surface area contributed by atoms with Gasteiger partial charge in [0, 0.05) is 7.05 Å². The summed E-state index contributed by atoms with van der Waals surface area (Å²) in [5, 5.41) is 0. The molecule has 0 aliphatic heterocycles. The third kappa shape index (κ3) is 3.46. The van der Waals surface area contributed by atoms with Gasteiger partial charge in [-0.2, -0.15) is 0 Å². The van der Waals surface area contributed by atoms with Crippen molar-refractivity contribution in [2.75, 3.05) is 0 Å². The summed E-state index contributed by atoms with van der Waals surface area (Å²) in [6, 6.07) is 9.60. The average Bonchev–Trinajstić information content (AvgIpc) is 2.68. The monoisotopic (exact) mass is 204 g/mol. The largest absolute Gasteiger partial charge is 0.438 e. The smallest absolute Gasteiger partial charge is 0.237 e. The van der Waals surface area contributed by atoms with E-state index in [4.69, 9.17) is 4.74 Å². The first kappa shape index (κ1) is 11.3. The van der Waals surface area contributed by atoms with Crippen LogP contribution in [0.1, 0.15) is 13.8 Å². The highest BCUT2D eigenvalue weighted by Gasteiger charge is 1.97. The normalized spacial score (nSPS) is 9.00. The Morgan fingerprint density at radius 2 is 1.80 bits per heavy atom. The van der Waals surface area contributed by atoms with Crippen LogP contribution in [0.3, 0.4) is 0 Å². The molecule has 3 heteroatoms. The molecule has 0 saturated carbocycles. The molecule has 1 aromatic heterocycles. The molecule has 0 atom stereocenters. The third-order valence-corrected chi connectivity index (χ3v) is 1.65. The molecule has 0 amide bonds. The van der Waals surface area contributed by atoms with Crippen molar-refractivity contribution in [3.8, 4) is 11.6 Å². The average molecular weight is 204 g/mol. The summed E-state index contributed by atoms with van der Waals surface area (Å²) < 4.78 is 7.31. The zero-order valence-corrected chi connectivity index (χ0v) is 9.34. The Balaban J connectivity index is 0.000000531. The lowest BCUT2D eigenvalue weighted by Crippen LogP contribution is -1.82. The molecule has 2 aromatic rings. The van der Waals surface area contributed by atoms with E-state index in [2.05, 4.69) is 4.98 Å². The predicted molar refractivity (Wildman–Crippen MR) is 61.1 cm³/mol. The number of nitrogens with zero attached hydrogens (tertiary/aromatic N) is 2. The van der Waals surface area contributed by atoms with Crippen LogP contribution in [0, 0.1) is 0 Å². The van der Waals surface area contributed by atoms with E-state index in [0.29, 0.717) is 5.88 Å². The fourth-order valence-electron chi connectivity index (χ4n) is 1.05. The molecule has 1 heterocycles. The topological polar surface area (TPSA) is 27.1 Å². The quantitative estimate of drug-likeness (QED) is 0.750. The highest BCUT2D eigenvalue weighted by molar-refractivity contribution is 5.25. The Labute approximate surface area is 90.3 Å². The Morgan fingerprint density at radius 3 is 2.33 bits per heavy atom. The van der Waals surface area contributed by atoms with E-state index in [9.17, 15) is 0 Å². The number of ether oxygens (including phenoxy) is 1. The maximum atomic E-state index is 5.47. The number of hydrogen-bond donors (Lipinski definition) is 0. The van der Waals surface area contributed by atoms with E-state index in [1.165, 1.54) is 0 Å².